The van der Waals surface area contributed by atoms with E-state index in [0.29, 0.717) is 11.5 Å². The average molecular weight is 346 g/mol. The fourth-order valence-corrected chi connectivity index (χ4v) is 4.21. The van der Waals surface area contributed by atoms with Gasteiger partial charge in [-0.2, -0.15) is 8.42 Å². The van der Waals surface area contributed by atoms with E-state index in [-0.39, 0.29) is 4.90 Å². The molecule has 0 atom stereocenters. The van der Waals surface area contributed by atoms with Crippen molar-refractivity contribution in [3.63, 3.8) is 0 Å². The molecule has 128 valence electrons. The number of benzene rings is 2. The largest absolute Gasteiger partial charge is 0.495 e. The fraction of sp³-hybridized carbons (Fsp3) is 0.368. The zero-order chi connectivity index (χ0) is 17.3. The van der Waals surface area contributed by atoms with Crippen LogP contribution >= 0.6 is 0 Å². The molecule has 0 saturated carbocycles. The minimum atomic E-state index is -3.95. The van der Waals surface area contributed by atoms with Gasteiger partial charge in [-0.3, -0.25) is 0 Å². The first-order valence-corrected chi connectivity index (χ1v) is 9.53. The second kappa shape index (κ2) is 6.48. The summed E-state index contributed by atoms with van der Waals surface area (Å²) in [6.07, 6.45) is 4.34. The molecule has 0 aliphatic heterocycles. The predicted octanol–water partition coefficient (Wildman–Crippen LogP) is 3.96. The van der Waals surface area contributed by atoms with Crippen LogP contribution in [0.4, 0.5) is 0 Å². The molecule has 1 aliphatic rings. The zero-order valence-electron chi connectivity index (χ0n) is 14.3. The normalized spacial score (nSPS) is 14.1. The lowest BCUT2D eigenvalue weighted by Crippen LogP contribution is -2.12. The van der Waals surface area contributed by atoms with Crippen LogP contribution in [-0.4, -0.2) is 15.5 Å². The Kier molecular flexibility index (Phi) is 4.54. The molecule has 0 amide bonds. The molecule has 3 rings (SSSR count). The van der Waals surface area contributed by atoms with Gasteiger partial charge >= 0.3 is 10.1 Å². The van der Waals surface area contributed by atoms with Crippen molar-refractivity contribution in [2.75, 3.05) is 7.11 Å². The van der Waals surface area contributed by atoms with Gasteiger partial charge in [-0.05, 0) is 86.1 Å². The monoisotopic (exact) mass is 346 g/mol. The highest BCUT2D eigenvalue weighted by Crippen LogP contribution is 2.31. The van der Waals surface area contributed by atoms with Gasteiger partial charge in [0.15, 0.2) is 0 Å². The lowest BCUT2D eigenvalue weighted by Gasteiger charge is -2.17. The molecule has 2 aromatic carbocycles. The number of methoxy groups -OCH3 is 1. The van der Waals surface area contributed by atoms with Gasteiger partial charge in [0.05, 0.1) is 7.11 Å². The molecule has 1 aliphatic carbocycles. The molecule has 0 spiro atoms. The van der Waals surface area contributed by atoms with E-state index in [1.165, 1.54) is 24.7 Å². The third-order valence-electron chi connectivity index (χ3n) is 4.58. The van der Waals surface area contributed by atoms with E-state index in [1.54, 1.807) is 18.2 Å². The highest BCUT2D eigenvalue weighted by atomic mass is 32.2. The summed E-state index contributed by atoms with van der Waals surface area (Å²) in [7, 11) is -2.49. The van der Waals surface area contributed by atoms with Crippen molar-refractivity contribution in [2.45, 2.75) is 44.4 Å². The zero-order valence-corrected chi connectivity index (χ0v) is 15.1. The van der Waals surface area contributed by atoms with Crippen LogP contribution in [0.3, 0.4) is 0 Å². The van der Waals surface area contributed by atoms with Crippen LogP contribution in [0.15, 0.2) is 35.2 Å². The predicted molar refractivity (Wildman–Crippen MR) is 93.4 cm³/mol. The lowest BCUT2D eigenvalue weighted by atomic mass is 9.92. The summed E-state index contributed by atoms with van der Waals surface area (Å²) in [6, 6.07) is 8.87. The summed E-state index contributed by atoms with van der Waals surface area (Å²) in [4.78, 5) is 0.0609. The lowest BCUT2D eigenvalue weighted by molar-refractivity contribution is 0.397. The van der Waals surface area contributed by atoms with E-state index in [1.807, 2.05) is 26.0 Å². The summed E-state index contributed by atoms with van der Waals surface area (Å²) in [5, 5.41) is 0. The van der Waals surface area contributed by atoms with Gasteiger partial charge in [0.25, 0.3) is 0 Å². The molecular weight excluding hydrogens is 324 g/mol. The van der Waals surface area contributed by atoms with Crippen LogP contribution in [0.1, 0.15) is 35.1 Å². The molecule has 2 aromatic rings. The van der Waals surface area contributed by atoms with Gasteiger partial charge in [-0.1, -0.05) is 6.07 Å². The summed E-state index contributed by atoms with van der Waals surface area (Å²) < 4.78 is 36.0. The second-order valence-electron chi connectivity index (χ2n) is 6.26. The Balaban J connectivity index is 1.96. The SMILES string of the molecule is COc1cc(C)c(C)cc1S(=O)(=O)Oc1ccc2c(c1)CCCC2. The summed E-state index contributed by atoms with van der Waals surface area (Å²) >= 11 is 0. The molecule has 0 unspecified atom stereocenters. The van der Waals surface area contributed by atoms with Crippen molar-refractivity contribution in [2.24, 2.45) is 0 Å². The Labute approximate surface area is 143 Å². The topological polar surface area (TPSA) is 52.6 Å². The average Bonchev–Trinajstić information content (AvgIpc) is 2.56. The van der Waals surface area contributed by atoms with Gasteiger partial charge in [0.2, 0.25) is 0 Å². The molecule has 0 bridgehead atoms. The maximum absolute atomic E-state index is 12.7. The van der Waals surface area contributed by atoms with Crippen LogP contribution in [-0.2, 0) is 23.0 Å². The molecular formula is C19H22O4S. The van der Waals surface area contributed by atoms with Crippen molar-refractivity contribution in [1.29, 1.82) is 0 Å². The standard InChI is InChI=1S/C19H22O4S/c1-13-10-18(22-3)19(11-14(13)2)24(20,21)23-17-9-8-15-6-4-5-7-16(15)12-17/h8-12H,4-7H2,1-3H3. The van der Waals surface area contributed by atoms with E-state index in [9.17, 15) is 8.42 Å². The number of hydrogen-bond acceptors (Lipinski definition) is 4. The summed E-state index contributed by atoms with van der Waals surface area (Å²) in [5.41, 5.74) is 4.32. The molecule has 0 N–H and O–H groups in total. The molecule has 0 fully saturated rings. The number of fused-ring (bicyclic) bond motifs is 1. The highest BCUT2D eigenvalue weighted by molar-refractivity contribution is 7.87. The Morgan fingerprint density at radius 1 is 0.917 bits per heavy atom. The number of hydrogen-bond donors (Lipinski definition) is 0. The van der Waals surface area contributed by atoms with Gasteiger partial charge in [-0.25, -0.2) is 0 Å². The van der Waals surface area contributed by atoms with Gasteiger partial charge in [0.1, 0.15) is 16.4 Å². The smallest absolute Gasteiger partial charge is 0.342 e. The molecule has 4 nitrogen and oxygen atoms in total. The minimum Gasteiger partial charge on any atom is -0.495 e. The van der Waals surface area contributed by atoms with Gasteiger partial charge in [0, 0.05) is 0 Å². The van der Waals surface area contributed by atoms with E-state index in [0.717, 1.165) is 30.4 Å². The molecule has 0 heterocycles. The number of rotatable bonds is 4. The maximum atomic E-state index is 12.7. The van der Waals surface area contributed by atoms with Crippen molar-refractivity contribution in [3.05, 3.63) is 52.6 Å². The molecule has 5 heteroatoms. The van der Waals surface area contributed by atoms with E-state index in [4.69, 9.17) is 8.92 Å². The molecule has 0 saturated heterocycles. The highest BCUT2D eigenvalue weighted by Gasteiger charge is 2.23. The van der Waals surface area contributed by atoms with Crippen molar-refractivity contribution >= 4 is 10.1 Å². The van der Waals surface area contributed by atoms with Gasteiger partial charge in [-0.15, -0.1) is 0 Å². The van der Waals surface area contributed by atoms with Crippen LogP contribution in [0.5, 0.6) is 11.5 Å². The first-order chi connectivity index (χ1) is 11.4. The fourth-order valence-electron chi connectivity index (χ4n) is 3.05. The third kappa shape index (κ3) is 3.26. The quantitative estimate of drug-likeness (QED) is 0.787. The maximum Gasteiger partial charge on any atom is 0.342 e. The summed E-state index contributed by atoms with van der Waals surface area (Å²) in [6.45, 7) is 3.78. The second-order valence-corrected chi connectivity index (χ2v) is 7.78. The Hall–Kier alpha value is -2.01. The van der Waals surface area contributed by atoms with E-state index in [2.05, 4.69) is 0 Å². The van der Waals surface area contributed by atoms with E-state index < -0.39 is 10.1 Å². The van der Waals surface area contributed by atoms with Crippen LogP contribution in [0, 0.1) is 13.8 Å². The Morgan fingerprint density at radius 3 is 2.29 bits per heavy atom. The van der Waals surface area contributed by atoms with E-state index >= 15 is 0 Å². The molecule has 0 aromatic heterocycles. The van der Waals surface area contributed by atoms with Crippen LogP contribution in [0.25, 0.3) is 0 Å². The third-order valence-corrected chi connectivity index (χ3v) is 5.84. The molecule has 24 heavy (non-hydrogen) atoms. The number of aryl methyl sites for hydroxylation is 4. The Bertz CT molecular complexity index is 869. The van der Waals surface area contributed by atoms with Gasteiger partial charge < -0.3 is 8.92 Å². The van der Waals surface area contributed by atoms with Crippen LogP contribution in [0.2, 0.25) is 0 Å². The minimum absolute atomic E-state index is 0.0609. The Morgan fingerprint density at radius 2 is 1.58 bits per heavy atom. The number of ether oxygens (including phenoxy) is 1. The van der Waals surface area contributed by atoms with Crippen molar-refractivity contribution in [1.82, 2.24) is 0 Å². The van der Waals surface area contributed by atoms with Crippen LogP contribution < -0.4 is 8.92 Å². The molecule has 0 radical (unpaired) electrons. The van der Waals surface area contributed by atoms with Crippen molar-refractivity contribution in [3.8, 4) is 11.5 Å². The first-order valence-electron chi connectivity index (χ1n) is 8.12. The summed E-state index contributed by atoms with van der Waals surface area (Å²) in [5.74, 6) is 0.659. The first kappa shape index (κ1) is 16.8. The van der Waals surface area contributed by atoms with Crippen molar-refractivity contribution < 1.29 is 17.3 Å².